The molecule has 1 saturated carbocycles. The first-order chi connectivity index (χ1) is 14.6. The van der Waals surface area contributed by atoms with Crippen molar-refractivity contribution < 1.29 is 23.5 Å². The second-order valence-electron chi connectivity index (χ2n) is 8.10. The molecular weight excluding hydrogens is 385 g/mol. The third kappa shape index (κ3) is 4.48. The molecule has 1 amide bonds. The van der Waals surface area contributed by atoms with Gasteiger partial charge in [0.25, 0.3) is 0 Å². The van der Waals surface area contributed by atoms with E-state index in [-0.39, 0.29) is 18.2 Å². The summed E-state index contributed by atoms with van der Waals surface area (Å²) in [6.45, 7) is 0.782. The number of hydrogen-bond acceptors (Lipinski definition) is 4. The van der Waals surface area contributed by atoms with Crippen molar-refractivity contribution in [2.24, 2.45) is 11.8 Å². The summed E-state index contributed by atoms with van der Waals surface area (Å²) in [5.74, 6) is -0.117. The van der Waals surface area contributed by atoms with Crippen molar-refractivity contribution in [2.45, 2.75) is 38.3 Å². The van der Waals surface area contributed by atoms with Gasteiger partial charge in [0, 0.05) is 6.54 Å². The number of carbonyl (C=O) groups is 2. The van der Waals surface area contributed by atoms with E-state index in [1.54, 1.807) is 11.0 Å². The molecule has 1 aliphatic carbocycles. The molecule has 2 fully saturated rings. The fourth-order valence-corrected chi connectivity index (χ4v) is 4.34. The Kier molecular flexibility index (Phi) is 6.02. The Hall–Kier alpha value is -2.89. The van der Waals surface area contributed by atoms with Crippen molar-refractivity contribution in [3.05, 3.63) is 71.0 Å². The summed E-state index contributed by atoms with van der Waals surface area (Å²) in [4.78, 5) is 26.3. The van der Waals surface area contributed by atoms with Crippen LogP contribution in [0.15, 0.2) is 48.5 Å². The molecule has 6 heteroatoms. The SMILES string of the molecule is COC(=O)c1ccc([C@@H]2C[C@H](C3CC3)CCN2C(=O)OCc2ccccc2)cc1F. The molecule has 2 atom stereocenters. The minimum atomic E-state index is -0.710. The largest absolute Gasteiger partial charge is 0.465 e. The lowest BCUT2D eigenvalue weighted by molar-refractivity contribution is 0.0532. The Morgan fingerprint density at radius 1 is 1.07 bits per heavy atom. The highest BCUT2D eigenvalue weighted by Gasteiger charge is 2.40. The summed E-state index contributed by atoms with van der Waals surface area (Å²) in [5.41, 5.74) is 1.50. The summed E-state index contributed by atoms with van der Waals surface area (Å²) in [6.07, 6.45) is 3.78. The number of carbonyl (C=O) groups excluding carboxylic acids is 2. The average molecular weight is 411 g/mol. The third-order valence-electron chi connectivity index (χ3n) is 6.15. The number of ether oxygens (including phenoxy) is 2. The van der Waals surface area contributed by atoms with E-state index in [0.29, 0.717) is 23.9 Å². The van der Waals surface area contributed by atoms with Crippen LogP contribution in [0, 0.1) is 17.7 Å². The summed E-state index contributed by atoms with van der Waals surface area (Å²) < 4.78 is 24.8. The van der Waals surface area contributed by atoms with Crippen molar-refractivity contribution in [1.29, 1.82) is 0 Å². The molecule has 0 radical (unpaired) electrons. The maximum Gasteiger partial charge on any atom is 0.410 e. The Labute approximate surface area is 175 Å². The number of piperidine rings is 1. The second-order valence-corrected chi connectivity index (χ2v) is 8.10. The Balaban J connectivity index is 1.53. The van der Waals surface area contributed by atoms with Gasteiger partial charge in [0.1, 0.15) is 12.4 Å². The number of methoxy groups -OCH3 is 1. The Bertz CT molecular complexity index is 913. The van der Waals surface area contributed by atoms with Gasteiger partial charge in [-0.25, -0.2) is 14.0 Å². The zero-order chi connectivity index (χ0) is 21.1. The third-order valence-corrected chi connectivity index (χ3v) is 6.15. The van der Waals surface area contributed by atoms with Gasteiger partial charge in [0.15, 0.2) is 0 Å². The highest BCUT2D eigenvalue weighted by Crippen LogP contribution is 2.46. The summed E-state index contributed by atoms with van der Waals surface area (Å²) in [7, 11) is 1.22. The highest BCUT2D eigenvalue weighted by atomic mass is 19.1. The van der Waals surface area contributed by atoms with Gasteiger partial charge in [0.05, 0.1) is 18.7 Å². The maximum absolute atomic E-state index is 14.6. The lowest BCUT2D eigenvalue weighted by Crippen LogP contribution is -2.41. The molecule has 1 saturated heterocycles. The van der Waals surface area contributed by atoms with Gasteiger partial charge in [-0.1, -0.05) is 36.4 Å². The fraction of sp³-hybridized carbons (Fsp3) is 0.417. The first-order valence-electron chi connectivity index (χ1n) is 10.4. The van der Waals surface area contributed by atoms with Crippen LogP contribution in [0.5, 0.6) is 0 Å². The van der Waals surface area contributed by atoms with Crippen LogP contribution in [-0.4, -0.2) is 30.6 Å². The van der Waals surface area contributed by atoms with Crippen molar-refractivity contribution in [3.63, 3.8) is 0 Å². The predicted molar refractivity (Wildman–Crippen MR) is 109 cm³/mol. The number of nitrogens with zero attached hydrogens (tertiary/aromatic N) is 1. The molecule has 4 rings (SSSR count). The van der Waals surface area contributed by atoms with Crippen LogP contribution >= 0.6 is 0 Å². The van der Waals surface area contributed by atoms with E-state index >= 15 is 0 Å². The van der Waals surface area contributed by atoms with E-state index in [1.165, 1.54) is 32.1 Å². The molecule has 5 nitrogen and oxygen atoms in total. The van der Waals surface area contributed by atoms with Crippen molar-refractivity contribution >= 4 is 12.1 Å². The molecule has 2 aromatic carbocycles. The summed E-state index contributed by atoms with van der Waals surface area (Å²) in [6, 6.07) is 13.8. The van der Waals surface area contributed by atoms with Gasteiger partial charge in [-0.05, 0) is 60.8 Å². The molecule has 2 aromatic rings. The Morgan fingerprint density at radius 3 is 2.50 bits per heavy atom. The first kappa shape index (κ1) is 20.4. The number of likely N-dealkylation sites (tertiary alicyclic amines) is 1. The standard InChI is InChI=1S/C24H26FNO4/c1-29-23(27)20-10-9-19(13-21(20)25)22-14-18(17-7-8-17)11-12-26(22)24(28)30-15-16-5-3-2-4-6-16/h2-6,9-10,13,17-18,22H,7-8,11-12,14-15H2,1H3/t18-,22+/m1/s1. The van der Waals surface area contributed by atoms with E-state index < -0.39 is 17.9 Å². The van der Waals surface area contributed by atoms with Crippen molar-refractivity contribution in [3.8, 4) is 0 Å². The van der Waals surface area contributed by atoms with Crippen LogP contribution in [-0.2, 0) is 16.1 Å². The molecule has 0 unspecified atom stereocenters. The average Bonchev–Trinajstić information content (AvgIpc) is 3.63. The molecule has 0 spiro atoms. The normalized spacial score (nSPS) is 21.2. The van der Waals surface area contributed by atoms with Gasteiger partial charge in [-0.3, -0.25) is 0 Å². The predicted octanol–water partition coefficient (Wildman–Crippen LogP) is 5.11. The molecule has 2 aliphatic rings. The van der Waals surface area contributed by atoms with Crippen LogP contribution in [0.3, 0.4) is 0 Å². The van der Waals surface area contributed by atoms with E-state index in [9.17, 15) is 14.0 Å². The van der Waals surface area contributed by atoms with Crippen LogP contribution in [0.1, 0.15) is 53.2 Å². The molecule has 1 heterocycles. The monoisotopic (exact) mass is 411 g/mol. The zero-order valence-electron chi connectivity index (χ0n) is 17.1. The van der Waals surface area contributed by atoms with Gasteiger partial charge in [-0.2, -0.15) is 0 Å². The van der Waals surface area contributed by atoms with E-state index in [2.05, 4.69) is 4.74 Å². The first-order valence-corrected chi connectivity index (χ1v) is 10.4. The number of rotatable bonds is 5. The molecule has 1 aliphatic heterocycles. The minimum absolute atomic E-state index is 0.103. The van der Waals surface area contributed by atoms with E-state index in [4.69, 9.17) is 4.74 Å². The van der Waals surface area contributed by atoms with Crippen molar-refractivity contribution in [1.82, 2.24) is 4.90 Å². The Morgan fingerprint density at radius 2 is 1.83 bits per heavy atom. The minimum Gasteiger partial charge on any atom is -0.465 e. The molecule has 158 valence electrons. The van der Waals surface area contributed by atoms with Gasteiger partial charge in [0.2, 0.25) is 0 Å². The lowest BCUT2D eigenvalue weighted by Gasteiger charge is -2.39. The smallest absolute Gasteiger partial charge is 0.410 e. The number of halogens is 1. The quantitative estimate of drug-likeness (QED) is 0.642. The number of hydrogen-bond donors (Lipinski definition) is 0. The maximum atomic E-state index is 14.6. The number of amides is 1. The van der Waals surface area contributed by atoms with Crippen LogP contribution < -0.4 is 0 Å². The van der Waals surface area contributed by atoms with Crippen molar-refractivity contribution in [2.75, 3.05) is 13.7 Å². The molecule has 0 bridgehead atoms. The van der Waals surface area contributed by atoms with Crippen LogP contribution in [0.2, 0.25) is 0 Å². The number of esters is 1. The van der Waals surface area contributed by atoms with Gasteiger partial charge in [-0.15, -0.1) is 0 Å². The molecule has 0 N–H and O–H groups in total. The van der Waals surface area contributed by atoms with Crippen LogP contribution in [0.25, 0.3) is 0 Å². The fourth-order valence-electron chi connectivity index (χ4n) is 4.34. The lowest BCUT2D eigenvalue weighted by atomic mass is 9.84. The summed E-state index contributed by atoms with van der Waals surface area (Å²) >= 11 is 0. The second kappa shape index (κ2) is 8.86. The van der Waals surface area contributed by atoms with Gasteiger partial charge >= 0.3 is 12.1 Å². The van der Waals surface area contributed by atoms with E-state index in [1.807, 2.05) is 30.3 Å². The summed E-state index contributed by atoms with van der Waals surface area (Å²) in [5, 5.41) is 0. The van der Waals surface area contributed by atoms with Crippen LogP contribution in [0.4, 0.5) is 9.18 Å². The molecular formula is C24H26FNO4. The topological polar surface area (TPSA) is 55.8 Å². The molecule has 30 heavy (non-hydrogen) atoms. The zero-order valence-corrected chi connectivity index (χ0v) is 17.1. The number of benzene rings is 2. The highest BCUT2D eigenvalue weighted by molar-refractivity contribution is 5.89. The van der Waals surface area contributed by atoms with E-state index in [0.717, 1.165) is 18.4 Å². The molecule has 0 aromatic heterocycles. The van der Waals surface area contributed by atoms with Gasteiger partial charge < -0.3 is 14.4 Å².